The molecule has 0 atom stereocenters. The van der Waals surface area contributed by atoms with E-state index < -0.39 is 8.84 Å². The highest BCUT2D eigenvalue weighted by molar-refractivity contribution is 6.43. The van der Waals surface area contributed by atoms with Crippen molar-refractivity contribution in [1.82, 2.24) is 4.57 Å². The molecule has 0 heterocycles. The molecule has 0 saturated heterocycles. The van der Waals surface area contributed by atoms with Gasteiger partial charge in [-0.1, -0.05) is 20.8 Å². The molecule has 0 aliphatic carbocycles. The van der Waals surface area contributed by atoms with Crippen molar-refractivity contribution in [2.45, 2.75) is 25.8 Å². The molecule has 0 aliphatic heterocycles. The molecule has 9 heavy (non-hydrogen) atoms. The molecule has 0 radical (unpaired) electrons. The number of nitrogens with zero attached hydrogens (tertiary/aromatic N) is 1. The molecule has 0 aromatic carbocycles. The molecule has 0 fully saturated rings. The molecule has 0 unspecified atom stereocenters. The van der Waals surface area contributed by atoms with Crippen LogP contribution in [-0.2, 0) is 4.46 Å². The average molecular weight is 145 g/mol. The zero-order valence-corrected chi connectivity index (χ0v) is 7.86. The number of hydrogen-bond acceptors (Lipinski definition) is 1. The van der Waals surface area contributed by atoms with E-state index in [-0.39, 0.29) is 5.04 Å². The lowest BCUT2D eigenvalue weighted by atomic mass is 10.3. The van der Waals surface area contributed by atoms with Gasteiger partial charge in [0, 0.05) is 5.04 Å². The van der Waals surface area contributed by atoms with Crippen LogP contribution in [0, 0.1) is 0 Å². The van der Waals surface area contributed by atoms with Crippen molar-refractivity contribution in [3.05, 3.63) is 0 Å². The maximum Gasteiger partial charge on any atom is 0.399 e. The highest BCUT2D eigenvalue weighted by Crippen LogP contribution is 2.22. The van der Waals surface area contributed by atoms with Gasteiger partial charge >= 0.3 is 8.84 Å². The summed E-state index contributed by atoms with van der Waals surface area (Å²) in [6, 6.07) is 0. The molecule has 2 nitrogen and oxygen atoms in total. The van der Waals surface area contributed by atoms with Gasteiger partial charge in [-0.3, -0.25) is 0 Å². The predicted octanol–water partition coefficient (Wildman–Crippen LogP) is 1.27. The summed E-state index contributed by atoms with van der Waals surface area (Å²) < 4.78 is 13.1. The van der Waals surface area contributed by atoms with Crippen molar-refractivity contribution >= 4 is 8.84 Å². The first-order valence-electron chi connectivity index (χ1n) is 3.07. The van der Waals surface area contributed by atoms with Gasteiger partial charge in [0.25, 0.3) is 0 Å². The Morgan fingerprint density at radius 3 is 1.56 bits per heavy atom. The van der Waals surface area contributed by atoms with Crippen molar-refractivity contribution in [2.75, 3.05) is 14.1 Å². The highest BCUT2D eigenvalue weighted by atomic mass is 28.3. The summed E-state index contributed by atoms with van der Waals surface area (Å²) in [4.78, 5) is 0. The van der Waals surface area contributed by atoms with E-state index in [1.54, 1.807) is 4.57 Å². The molecule has 54 valence electrons. The molecule has 0 bridgehead atoms. The third-order valence-corrected chi connectivity index (χ3v) is 3.14. The zero-order chi connectivity index (χ0) is 7.65. The van der Waals surface area contributed by atoms with Crippen LogP contribution in [0.5, 0.6) is 0 Å². The Bertz CT molecular complexity index is 115. The summed E-state index contributed by atoms with van der Waals surface area (Å²) >= 11 is 0. The monoisotopic (exact) mass is 145 g/mol. The maximum atomic E-state index is 11.3. The standard InChI is InChI=1S/C6H15NOSi/c1-6(2,3)9(8)7(4)5/h1-5H3. The van der Waals surface area contributed by atoms with E-state index in [2.05, 4.69) is 0 Å². The lowest BCUT2D eigenvalue weighted by Crippen LogP contribution is -2.32. The second-order valence-corrected chi connectivity index (χ2v) is 6.45. The van der Waals surface area contributed by atoms with Gasteiger partial charge in [0.2, 0.25) is 0 Å². The van der Waals surface area contributed by atoms with Crippen LogP contribution in [0.3, 0.4) is 0 Å². The minimum atomic E-state index is -1.54. The highest BCUT2D eigenvalue weighted by Gasteiger charge is 2.25. The van der Waals surface area contributed by atoms with Crippen LogP contribution in [0.15, 0.2) is 0 Å². The second-order valence-electron chi connectivity index (χ2n) is 3.45. The molecule has 3 heteroatoms. The van der Waals surface area contributed by atoms with Gasteiger partial charge in [0.15, 0.2) is 0 Å². The van der Waals surface area contributed by atoms with Gasteiger partial charge in [-0.15, -0.1) is 0 Å². The molecule has 0 aromatic rings. The van der Waals surface area contributed by atoms with Crippen molar-refractivity contribution in [3.63, 3.8) is 0 Å². The third-order valence-electron chi connectivity index (χ3n) is 1.05. The van der Waals surface area contributed by atoms with Crippen LogP contribution in [0.4, 0.5) is 0 Å². The summed E-state index contributed by atoms with van der Waals surface area (Å²) in [7, 11) is 2.17. The van der Waals surface area contributed by atoms with Crippen LogP contribution in [-0.4, -0.2) is 27.5 Å². The fourth-order valence-corrected chi connectivity index (χ4v) is 2.01. The van der Waals surface area contributed by atoms with Crippen molar-refractivity contribution in [3.8, 4) is 0 Å². The van der Waals surface area contributed by atoms with Crippen LogP contribution in [0.25, 0.3) is 0 Å². The summed E-state index contributed by atoms with van der Waals surface area (Å²) in [6.45, 7) is 5.98. The molecule has 0 amide bonds. The van der Waals surface area contributed by atoms with Gasteiger partial charge in [-0.05, 0) is 14.1 Å². The summed E-state index contributed by atoms with van der Waals surface area (Å²) in [5, 5.41) is -0.0475. The van der Waals surface area contributed by atoms with E-state index in [9.17, 15) is 4.46 Å². The maximum absolute atomic E-state index is 11.3. The Kier molecular flexibility index (Phi) is 2.55. The van der Waals surface area contributed by atoms with Gasteiger partial charge in [0.1, 0.15) is 0 Å². The number of rotatable bonds is 1. The van der Waals surface area contributed by atoms with Crippen molar-refractivity contribution in [1.29, 1.82) is 0 Å². The number of hydrogen-bond donors (Lipinski definition) is 0. The van der Waals surface area contributed by atoms with Crippen molar-refractivity contribution in [2.24, 2.45) is 0 Å². The SMILES string of the molecule is CN(C)[Si](=O)C(C)(C)C. The van der Waals surface area contributed by atoms with Crippen LogP contribution >= 0.6 is 0 Å². The average Bonchev–Trinajstić information content (AvgIpc) is 1.62. The van der Waals surface area contributed by atoms with E-state index in [1.165, 1.54) is 0 Å². The van der Waals surface area contributed by atoms with Gasteiger partial charge in [0.05, 0.1) is 0 Å². The third kappa shape index (κ3) is 2.74. The summed E-state index contributed by atoms with van der Waals surface area (Å²) in [5.74, 6) is 0. The molecule has 0 rings (SSSR count). The Morgan fingerprint density at radius 2 is 1.56 bits per heavy atom. The minimum Gasteiger partial charge on any atom is -0.382 e. The molecule has 0 saturated carbocycles. The van der Waals surface area contributed by atoms with Crippen LogP contribution < -0.4 is 0 Å². The fraction of sp³-hybridized carbons (Fsp3) is 1.00. The quantitative estimate of drug-likeness (QED) is 0.518. The van der Waals surface area contributed by atoms with E-state index in [0.29, 0.717) is 0 Å². The summed E-state index contributed by atoms with van der Waals surface area (Å²) in [5.41, 5.74) is 0. The van der Waals surface area contributed by atoms with Gasteiger partial charge < -0.3 is 9.03 Å². The van der Waals surface area contributed by atoms with E-state index >= 15 is 0 Å². The lowest BCUT2D eigenvalue weighted by Gasteiger charge is -2.20. The summed E-state index contributed by atoms with van der Waals surface area (Å²) in [6.07, 6.45) is 0. The normalized spacial score (nSPS) is 11.2. The topological polar surface area (TPSA) is 20.3 Å². The van der Waals surface area contributed by atoms with Gasteiger partial charge in [-0.25, -0.2) is 0 Å². The zero-order valence-electron chi connectivity index (χ0n) is 6.86. The molecule has 0 aromatic heterocycles. The molecular weight excluding hydrogens is 130 g/mol. The molecule has 0 aliphatic rings. The Hall–Kier alpha value is -0.183. The van der Waals surface area contributed by atoms with E-state index in [4.69, 9.17) is 0 Å². The van der Waals surface area contributed by atoms with E-state index in [0.717, 1.165) is 0 Å². The van der Waals surface area contributed by atoms with Gasteiger partial charge in [-0.2, -0.15) is 0 Å². The Morgan fingerprint density at radius 1 is 1.22 bits per heavy atom. The lowest BCUT2D eigenvalue weighted by molar-refractivity contribution is 0.450. The molecular formula is C6H15NOSi. The largest absolute Gasteiger partial charge is 0.399 e. The first kappa shape index (κ1) is 8.82. The molecule has 0 N–H and O–H groups in total. The first-order chi connectivity index (χ1) is 3.85. The Labute approximate surface area is 58.6 Å². The van der Waals surface area contributed by atoms with Crippen LogP contribution in [0.1, 0.15) is 20.8 Å². The minimum absolute atomic E-state index is 0.0475. The smallest absolute Gasteiger partial charge is 0.382 e. The van der Waals surface area contributed by atoms with Crippen molar-refractivity contribution < 1.29 is 4.46 Å². The Balaban J connectivity index is 4.06. The molecule has 0 spiro atoms. The fourth-order valence-electron chi connectivity index (χ4n) is 0.671. The second kappa shape index (κ2) is 2.60. The van der Waals surface area contributed by atoms with Crippen LogP contribution in [0.2, 0.25) is 5.04 Å². The first-order valence-corrected chi connectivity index (χ1v) is 4.43. The predicted molar refractivity (Wildman–Crippen MR) is 39.8 cm³/mol. The van der Waals surface area contributed by atoms with E-state index in [1.807, 2.05) is 34.9 Å².